The van der Waals surface area contributed by atoms with Crippen LogP contribution in [-0.4, -0.2) is 98.9 Å². The van der Waals surface area contributed by atoms with Gasteiger partial charge >= 0.3 is 6.03 Å². The Kier molecular flexibility index (Phi) is 13.3. The zero-order chi connectivity index (χ0) is 39.0. The molecule has 1 saturated heterocycles. The minimum absolute atomic E-state index is 0.0150. The van der Waals surface area contributed by atoms with Crippen molar-refractivity contribution in [3.05, 3.63) is 100 Å². The number of carbonyl (C=O) groups excluding carboxylic acids is 2. The maximum Gasteiger partial charge on any atom is 0.321 e. The number of sulfonamides is 1. The van der Waals surface area contributed by atoms with Crippen LogP contribution in [0.25, 0.3) is 10.7 Å². The lowest BCUT2D eigenvalue weighted by atomic mass is 9.84. The topological polar surface area (TPSA) is 178 Å². The van der Waals surface area contributed by atoms with Crippen molar-refractivity contribution in [2.45, 2.75) is 77.2 Å². The van der Waals surface area contributed by atoms with Gasteiger partial charge in [-0.25, -0.2) is 18.2 Å². The number of thiazole rings is 1. The second-order valence-corrected chi connectivity index (χ2v) is 17.7. The van der Waals surface area contributed by atoms with Gasteiger partial charge < -0.3 is 20.2 Å². The first-order valence-corrected chi connectivity index (χ1v) is 20.2. The predicted octanol–water partition coefficient (Wildman–Crippen LogP) is 4.95. The normalized spacial score (nSPS) is 15.4. The van der Waals surface area contributed by atoms with Crippen LogP contribution in [0.1, 0.15) is 51.4 Å². The molecule has 54 heavy (non-hydrogen) atoms. The molecule has 1 aliphatic heterocycles. The van der Waals surface area contributed by atoms with E-state index in [9.17, 15) is 28.0 Å². The van der Waals surface area contributed by atoms with E-state index in [1.807, 2.05) is 70.3 Å². The van der Waals surface area contributed by atoms with Crippen molar-refractivity contribution in [3.8, 4) is 10.7 Å². The summed E-state index contributed by atoms with van der Waals surface area (Å²) in [5.41, 5.74) is 2.06. The van der Waals surface area contributed by atoms with Crippen LogP contribution in [0.4, 0.5) is 4.79 Å². The van der Waals surface area contributed by atoms with E-state index < -0.39 is 39.5 Å². The quantitative estimate of drug-likeness (QED) is 0.140. The number of urea groups is 1. The van der Waals surface area contributed by atoms with Gasteiger partial charge in [0.05, 0.1) is 35.5 Å². The maximum atomic E-state index is 14.4. The third kappa shape index (κ3) is 10.1. The van der Waals surface area contributed by atoms with Crippen LogP contribution >= 0.6 is 11.3 Å². The number of nitrogens with zero attached hydrogens (tertiary/aromatic N) is 7. The largest absolute Gasteiger partial charge is 0.390 e. The maximum absolute atomic E-state index is 14.4. The molecule has 3 heterocycles. The third-order valence-corrected chi connectivity index (χ3v) is 11.8. The summed E-state index contributed by atoms with van der Waals surface area (Å²) < 4.78 is 29.1. The summed E-state index contributed by atoms with van der Waals surface area (Å²) in [6.07, 6.45) is 3.72. The fraction of sp³-hybridized carbons (Fsp3) is 0.447. The Morgan fingerprint density at radius 2 is 1.76 bits per heavy atom. The van der Waals surface area contributed by atoms with E-state index in [-0.39, 0.29) is 49.4 Å². The van der Waals surface area contributed by atoms with Gasteiger partial charge in [0.2, 0.25) is 15.9 Å². The first kappa shape index (κ1) is 40.5. The number of nitrogens with one attached hydrogen (secondary N) is 1. The molecule has 0 bridgehead atoms. The molecule has 4 aromatic rings. The van der Waals surface area contributed by atoms with E-state index in [2.05, 4.69) is 25.4 Å². The first-order valence-electron chi connectivity index (χ1n) is 17.8. The smallest absolute Gasteiger partial charge is 0.321 e. The van der Waals surface area contributed by atoms with Crippen LogP contribution < -0.4 is 5.32 Å². The Labute approximate surface area is 320 Å². The molecule has 0 aliphatic carbocycles. The summed E-state index contributed by atoms with van der Waals surface area (Å²) in [6, 6.07) is 13.1. The van der Waals surface area contributed by atoms with Crippen LogP contribution in [0, 0.1) is 16.2 Å². The summed E-state index contributed by atoms with van der Waals surface area (Å²) in [6.45, 7) is 10.1. The van der Waals surface area contributed by atoms with Gasteiger partial charge in [-0.2, -0.15) is 9.21 Å². The fourth-order valence-electron chi connectivity index (χ4n) is 6.51. The average Bonchev–Trinajstić information content (AvgIpc) is 3.74. The monoisotopic (exact) mass is 776 g/mol. The molecule has 3 atom stereocenters. The van der Waals surface area contributed by atoms with Gasteiger partial charge in [0.15, 0.2) is 0 Å². The highest BCUT2D eigenvalue weighted by molar-refractivity contribution is 7.89. The van der Waals surface area contributed by atoms with E-state index in [1.54, 1.807) is 28.4 Å². The summed E-state index contributed by atoms with van der Waals surface area (Å²) >= 11 is 1.42. The van der Waals surface area contributed by atoms with Crippen LogP contribution in [0.2, 0.25) is 0 Å². The summed E-state index contributed by atoms with van der Waals surface area (Å²) in [4.78, 5) is 55.4. The van der Waals surface area contributed by atoms with E-state index >= 15 is 0 Å². The van der Waals surface area contributed by atoms with E-state index in [1.165, 1.54) is 39.9 Å². The third-order valence-electron chi connectivity index (χ3n) is 9.05. The van der Waals surface area contributed by atoms with Gasteiger partial charge in [0.1, 0.15) is 23.3 Å². The van der Waals surface area contributed by atoms with Crippen LogP contribution in [0.3, 0.4) is 0 Å². The average molecular weight is 777 g/mol. The Bertz CT molecular complexity index is 1970. The van der Waals surface area contributed by atoms with Crippen molar-refractivity contribution in [1.82, 2.24) is 34.4 Å². The lowest BCUT2D eigenvalue weighted by Gasteiger charge is -2.38. The SMILES string of the molecule is CC(C)CN(C[C@@H](O)[C@H](Cc1ccccc1)NC(=O)[C@@H](N1CCN(Cc2csc(-c3cnccn3)n2)C1=O)C(C)(C)C)S(=O)(=O)c1ccc(CN=O)cc1. The zero-order valence-corrected chi connectivity index (χ0v) is 32.8. The highest BCUT2D eigenvalue weighted by atomic mass is 32.2. The number of aliphatic hydroxyl groups is 1. The lowest BCUT2D eigenvalue weighted by Crippen LogP contribution is -2.59. The number of hydrogen-bond acceptors (Lipinski definition) is 11. The number of nitroso groups, excluding NO2 is 1. The van der Waals surface area contributed by atoms with E-state index in [0.717, 1.165) is 5.56 Å². The Morgan fingerprint density at radius 1 is 1.04 bits per heavy atom. The number of hydrogen-bond donors (Lipinski definition) is 2. The summed E-state index contributed by atoms with van der Waals surface area (Å²) in [5.74, 6) is -0.529. The van der Waals surface area contributed by atoms with Gasteiger partial charge in [-0.1, -0.05) is 82.3 Å². The number of rotatable bonds is 17. The Hall–Kier alpha value is -4.64. The molecule has 16 heteroatoms. The fourth-order valence-corrected chi connectivity index (χ4v) is 8.90. The van der Waals surface area contributed by atoms with Crippen molar-refractivity contribution in [3.63, 3.8) is 0 Å². The van der Waals surface area contributed by atoms with Gasteiger partial charge in [-0.05, 0) is 41.0 Å². The molecule has 5 rings (SSSR count). The number of benzene rings is 2. The molecule has 2 aromatic carbocycles. The van der Waals surface area contributed by atoms with Crippen molar-refractivity contribution >= 4 is 33.3 Å². The molecular formula is C38H48N8O6S2. The minimum Gasteiger partial charge on any atom is -0.390 e. The molecule has 0 saturated carbocycles. The van der Waals surface area contributed by atoms with Crippen molar-refractivity contribution < 1.29 is 23.1 Å². The molecule has 2 aromatic heterocycles. The minimum atomic E-state index is -4.08. The van der Waals surface area contributed by atoms with Gasteiger partial charge in [0, 0.05) is 44.0 Å². The number of carbonyl (C=O) groups is 2. The molecule has 3 amide bonds. The zero-order valence-electron chi connectivity index (χ0n) is 31.2. The van der Waals surface area contributed by atoms with Crippen LogP contribution in [0.5, 0.6) is 0 Å². The molecule has 2 N–H and O–H groups in total. The van der Waals surface area contributed by atoms with Gasteiger partial charge in [-0.3, -0.25) is 14.8 Å². The molecule has 1 aliphatic rings. The van der Waals surface area contributed by atoms with E-state index in [0.29, 0.717) is 35.0 Å². The standard InChI is InChI=1S/C38H48N8O6S2/c1-26(2)22-45(54(51,52)30-13-11-28(12-14-30)20-41-50)24-33(47)31(19-27-9-7-6-8-10-27)43-35(48)34(38(3,4)5)46-18-17-44(37(46)49)23-29-25-53-36(42-29)32-21-39-15-16-40-32/h6-16,21,25-26,31,33-34,47H,17-20,22-24H2,1-5H3,(H,43,48)/t31-,33+,34+/m0/s1. The van der Waals surface area contributed by atoms with Crippen LogP contribution in [0.15, 0.2) is 88.6 Å². The Morgan fingerprint density at radius 3 is 2.39 bits per heavy atom. The highest BCUT2D eigenvalue weighted by Crippen LogP contribution is 2.30. The number of aromatic nitrogens is 3. The lowest BCUT2D eigenvalue weighted by molar-refractivity contribution is -0.130. The van der Waals surface area contributed by atoms with Gasteiger partial charge in [0.25, 0.3) is 0 Å². The van der Waals surface area contributed by atoms with Gasteiger partial charge in [-0.15, -0.1) is 11.3 Å². The van der Waals surface area contributed by atoms with Crippen molar-refractivity contribution in [2.24, 2.45) is 16.5 Å². The van der Waals surface area contributed by atoms with Crippen molar-refractivity contribution in [2.75, 3.05) is 26.2 Å². The molecule has 0 unspecified atom stereocenters. The molecule has 288 valence electrons. The number of amides is 3. The predicted molar refractivity (Wildman–Crippen MR) is 207 cm³/mol. The Balaban J connectivity index is 1.36. The van der Waals surface area contributed by atoms with E-state index in [4.69, 9.17) is 0 Å². The molecule has 0 spiro atoms. The molecule has 14 nitrogen and oxygen atoms in total. The first-order chi connectivity index (χ1) is 25.7. The second-order valence-electron chi connectivity index (χ2n) is 14.9. The molecule has 0 radical (unpaired) electrons. The summed E-state index contributed by atoms with van der Waals surface area (Å²) in [5, 5.41) is 20.3. The summed E-state index contributed by atoms with van der Waals surface area (Å²) in [7, 11) is -4.08. The number of aliphatic hydroxyl groups excluding tert-OH is 1. The molecule has 1 fully saturated rings. The second kappa shape index (κ2) is 17.7. The highest BCUT2D eigenvalue weighted by Gasteiger charge is 2.44. The van der Waals surface area contributed by atoms with Crippen LogP contribution in [-0.2, 0) is 34.3 Å². The van der Waals surface area contributed by atoms with Crippen molar-refractivity contribution in [1.29, 1.82) is 0 Å². The molecular weight excluding hydrogens is 729 g/mol.